The van der Waals surface area contributed by atoms with Gasteiger partial charge in [0.1, 0.15) is 6.26 Å². The molecular formula is C21H13N5O3S. The molecule has 0 spiro atoms. The maximum atomic E-state index is 12.4. The summed E-state index contributed by atoms with van der Waals surface area (Å²) in [7, 11) is 0. The highest BCUT2D eigenvalue weighted by atomic mass is 32.1. The molecule has 0 radical (unpaired) electrons. The van der Waals surface area contributed by atoms with Crippen molar-refractivity contribution < 1.29 is 9.21 Å². The smallest absolute Gasteiger partial charge is 0.335 e. The number of anilines is 1. The summed E-state index contributed by atoms with van der Waals surface area (Å²) in [5.41, 5.74) is 2.52. The summed E-state index contributed by atoms with van der Waals surface area (Å²) in [5, 5.41) is 17.9. The molecule has 5 aromatic rings. The zero-order chi connectivity index (χ0) is 20.5. The highest BCUT2D eigenvalue weighted by Gasteiger charge is 2.12. The second-order valence-electron chi connectivity index (χ2n) is 6.37. The highest BCUT2D eigenvalue weighted by Crippen LogP contribution is 2.25. The Bertz CT molecular complexity index is 1400. The number of hydrogen-bond acceptors (Lipinski definition) is 7. The third-order valence-corrected chi connectivity index (χ3v) is 5.25. The molecule has 5 rings (SSSR count). The topological polar surface area (TPSA) is 102 Å². The molecule has 1 N–H and O–H groups in total. The Morgan fingerprint density at radius 1 is 1.03 bits per heavy atom. The van der Waals surface area contributed by atoms with E-state index in [4.69, 9.17) is 4.42 Å². The van der Waals surface area contributed by atoms with Crippen LogP contribution in [0.15, 0.2) is 81.5 Å². The minimum absolute atomic E-state index is 0.254. The third-order valence-electron chi connectivity index (χ3n) is 4.38. The Hall–Kier alpha value is -4.11. The first kappa shape index (κ1) is 18.0. The summed E-state index contributed by atoms with van der Waals surface area (Å²) in [6.07, 6.45) is 1.13. The van der Waals surface area contributed by atoms with E-state index in [9.17, 15) is 9.59 Å². The van der Waals surface area contributed by atoms with Gasteiger partial charge < -0.3 is 9.73 Å². The lowest BCUT2D eigenvalue weighted by atomic mass is 10.1. The standard InChI is InChI=1S/C21H13N5O3S/c27-19-9-6-14(12-29-19)21(28)22-15-4-1-3-13(11-15)16-7-8-18-23-24-20(26(18)25-16)17-5-2-10-30-17/h1-12H,(H,22,28). The van der Waals surface area contributed by atoms with E-state index in [0.717, 1.165) is 16.7 Å². The fourth-order valence-electron chi connectivity index (χ4n) is 2.95. The minimum Gasteiger partial charge on any atom is -0.430 e. The van der Waals surface area contributed by atoms with Gasteiger partial charge in [0.05, 0.1) is 16.1 Å². The van der Waals surface area contributed by atoms with E-state index in [2.05, 4.69) is 20.6 Å². The summed E-state index contributed by atoms with van der Waals surface area (Å²) in [5.74, 6) is 0.301. The van der Waals surface area contributed by atoms with Crippen LogP contribution in [-0.2, 0) is 0 Å². The lowest BCUT2D eigenvalue weighted by Gasteiger charge is -2.07. The number of nitrogens with zero attached hydrogens (tertiary/aromatic N) is 4. The molecule has 0 bridgehead atoms. The van der Waals surface area contributed by atoms with Crippen molar-refractivity contribution in [2.45, 2.75) is 0 Å². The van der Waals surface area contributed by atoms with Crippen LogP contribution in [0.4, 0.5) is 5.69 Å². The van der Waals surface area contributed by atoms with E-state index >= 15 is 0 Å². The molecule has 0 fully saturated rings. The molecule has 30 heavy (non-hydrogen) atoms. The average Bonchev–Trinajstić information content (AvgIpc) is 3.43. The number of thiophene rings is 1. The lowest BCUT2D eigenvalue weighted by molar-refractivity contribution is 0.102. The predicted octanol–water partition coefficient (Wildman–Crippen LogP) is 3.73. The van der Waals surface area contributed by atoms with E-state index in [1.54, 1.807) is 21.9 Å². The number of amides is 1. The van der Waals surface area contributed by atoms with Crippen molar-refractivity contribution in [3.05, 3.63) is 88.3 Å². The van der Waals surface area contributed by atoms with Crippen LogP contribution >= 0.6 is 11.3 Å². The van der Waals surface area contributed by atoms with Gasteiger partial charge in [0, 0.05) is 17.3 Å². The Morgan fingerprint density at radius 3 is 2.77 bits per heavy atom. The molecule has 0 saturated heterocycles. The van der Waals surface area contributed by atoms with Gasteiger partial charge in [-0.3, -0.25) is 4.79 Å². The van der Waals surface area contributed by atoms with E-state index in [1.807, 2.05) is 47.8 Å². The van der Waals surface area contributed by atoms with Crippen molar-refractivity contribution in [1.29, 1.82) is 0 Å². The van der Waals surface area contributed by atoms with Crippen molar-refractivity contribution in [2.75, 3.05) is 5.32 Å². The largest absolute Gasteiger partial charge is 0.430 e. The molecule has 0 aliphatic rings. The molecule has 0 aliphatic heterocycles. The molecule has 0 saturated carbocycles. The maximum Gasteiger partial charge on any atom is 0.335 e. The van der Waals surface area contributed by atoms with Crippen LogP contribution < -0.4 is 10.9 Å². The number of aromatic nitrogens is 4. The number of hydrogen-bond donors (Lipinski definition) is 1. The van der Waals surface area contributed by atoms with Crippen LogP contribution in [-0.4, -0.2) is 25.7 Å². The van der Waals surface area contributed by atoms with Crippen LogP contribution in [0.3, 0.4) is 0 Å². The zero-order valence-electron chi connectivity index (χ0n) is 15.4. The fourth-order valence-corrected chi connectivity index (χ4v) is 3.64. The molecular weight excluding hydrogens is 402 g/mol. The molecule has 4 heterocycles. The first-order valence-corrected chi connectivity index (χ1v) is 9.82. The SMILES string of the molecule is O=C(Nc1cccc(-c2ccc3nnc(-c4cccs4)n3n2)c1)c1ccc(=O)oc1. The number of carbonyl (C=O) groups is 1. The van der Waals surface area contributed by atoms with Crippen molar-refractivity contribution >= 4 is 28.6 Å². The lowest BCUT2D eigenvalue weighted by Crippen LogP contribution is -2.13. The van der Waals surface area contributed by atoms with E-state index in [-0.39, 0.29) is 11.5 Å². The van der Waals surface area contributed by atoms with Gasteiger partial charge in [-0.05, 0) is 41.8 Å². The Labute approximate surface area is 173 Å². The summed E-state index contributed by atoms with van der Waals surface area (Å²) in [6, 6.07) is 17.6. The van der Waals surface area contributed by atoms with Gasteiger partial charge in [0.25, 0.3) is 5.91 Å². The first-order valence-electron chi connectivity index (χ1n) is 8.94. The molecule has 0 aliphatic carbocycles. The predicted molar refractivity (Wildman–Crippen MR) is 112 cm³/mol. The molecule has 1 amide bonds. The van der Waals surface area contributed by atoms with Crippen molar-refractivity contribution in [1.82, 2.24) is 19.8 Å². The molecule has 0 unspecified atom stereocenters. The monoisotopic (exact) mass is 415 g/mol. The first-order chi connectivity index (χ1) is 14.7. The number of benzene rings is 1. The van der Waals surface area contributed by atoms with E-state index < -0.39 is 5.63 Å². The number of nitrogens with one attached hydrogen (secondary N) is 1. The maximum absolute atomic E-state index is 12.4. The molecule has 9 heteroatoms. The quantitative estimate of drug-likeness (QED) is 0.480. The summed E-state index contributed by atoms with van der Waals surface area (Å²) >= 11 is 1.57. The van der Waals surface area contributed by atoms with Gasteiger partial charge in [-0.25, -0.2) is 4.79 Å². The van der Waals surface area contributed by atoms with Gasteiger partial charge in [-0.1, -0.05) is 18.2 Å². The summed E-state index contributed by atoms with van der Waals surface area (Å²) in [6.45, 7) is 0. The van der Waals surface area contributed by atoms with Crippen LogP contribution in [0.2, 0.25) is 0 Å². The van der Waals surface area contributed by atoms with Crippen LogP contribution in [0, 0.1) is 0 Å². The summed E-state index contributed by atoms with van der Waals surface area (Å²) < 4.78 is 6.45. The van der Waals surface area contributed by atoms with Gasteiger partial charge in [0.15, 0.2) is 11.5 Å². The third kappa shape index (κ3) is 3.38. The number of rotatable bonds is 4. The van der Waals surface area contributed by atoms with Crippen molar-refractivity contribution in [3.63, 3.8) is 0 Å². The van der Waals surface area contributed by atoms with E-state index in [1.165, 1.54) is 12.1 Å². The Balaban J connectivity index is 1.47. The molecule has 146 valence electrons. The van der Waals surface area contributed by atoms with Crippen molar-refractivity contribution in [2.24, 2.45) is 0 Å². The second kappa shape index (κ2) is 7.37. The average molecular weight is 415 g/mol. The molecule has 1 aromatic carbocycles. The van der Waals surface area contributed by atoms with Gasteiger partial charge >= 0.3 is 5.63 Å². The van der Waals surface area contributed by atoms with Crippen LogP contribution in [0.25, 0.3) is 27.6 Å². The Kier molecular flexibility index (Phi) is 4.41. The molecule has 8 nitrogen and oxygen atoms in total. The number of carbonyl (C=O) groups excluding carboxylic acids is 1. The fraction of sp³-hybridized carbons (Fsp3) is 0. The minimum atomic E-state index is -0.508. The normalized spacial score (nSPS) is 10.9. The Morgan fingerprint density at radius 2 is 1.97 bits per heavy atom. The highest BCUT2D eigenvalue weighted by molar-refractivity contribution is 7.13. The van der Waals surface area contributed by atoms with Crippen LogP contribution in [0.1, 0.15) is 10.4 Å². The second-order valence-corrected chi connectivity index (χ2v) is 7.32. The number of fused-ring (bicyclic) bond motifs is 1. The molecule has 0 atom stereocenters. The van der Waals surface area contributed by atoms with Gasteiger partial charge in [-0.2, -0.15) is 9.61 Å². The zero-order valence-corrected chi connectivity index (χ0v) is 16.2. The van der Waals surface area contributed by atoms with Gasteiger partial charge in [-0.15, -0.1) is 21.5 Å². The van der Waals surface area contributed by atoms with E-state index in [0.29, 0.717) is 22.9 Å². The van der Waals surface area contributed by atoms with Gasteiger partial charge in [0.2, 0.25) is 0 Å². The van der Waals surface area contributed by atoms with Crippen LogP contribution in [0.5, 0.6) is 0 Å². The molecule has 4 aromatic heterocycles. The van der Waals surface area contributed by atoms with Crippen molar-refractivity contribution in [3.8, 4) is 22.0 Å². The summed E-state index contributed by atoms with van der Waals surface area (Å²) in [4.78, 5) is 24.4.